The van der Waals surface area contributed by atoms with E-state index >= 15 is 0 Å². The zero-order valence-corrected chi connectivity index (χ0v) is 18.5. The summed E-state index contributed by atoms with van der Waals surface area (Å²) in [5.74, 6) is -0.460. The Balaban J connectivity index is 2.42. The van der Waals surface area contributed by atoms with Crippen LogP contribution in [0.1, 0.15) is 35.3 Å². The maximum atomic E-state index is 12.3. The molecule has 3 aromatic rings. The first-order valence-corrected chi connectivity index (χ1v) is 11.2. The third kappa shape index (κ3) is 4.25. The average Bonchev–Trinajstić information content (AvgIpc) is 2.72. The van der Waals surface area contributed by atoms with Crippen LogP contribution in [0.5, 0.6) is 0 Å². The van der Waals surface area contributed by atoms with E-state index in [0.29, 0.717) is 27.3 Å². The molecule has 0 N–H and O–H groups in total. The Morgan fingerprint density at radius 3 is 1.90 bits per heavy atom. The highest BCUT2D eigenvalue weighted by Gasteiger charge is 2.45. The Morgan fingerprint density at radius 1 is 0.897 bits per heavy atom. The molecule has 0 aliphatic rings. The summed E-state index contributed by atoms with van der Waals surface area (Å²) < 4.78 is 6.04. The lowest BCUT2D eigenvalue weighted by molar-refractivity contribution is -0.151. The van der Waals surface area contributed by atoms with Gasteiger partial charge in [-0.2, -0.15) is 0 Å². The molecule has 0 aliphatic carbocycles. The summed E-state index contributed by atoms with van der Waals surface area (Å²) in [6, 6.07) is 7.27. The second kappa shape index (κ2) is 8.87. The van der Waals surface area contributed by atoms with Crippen LogP contribution < -0.4 is 0 Å². The number of rotatable bonds is 6. The molecule has 0 spiro atoms. The van der Waals surface area contributed by atoms with Crippen molar-refractivity contribution in [3.05, 3.63) is 65.0 Å². The van der Waals surface area contributed by atoms with Gasteiger partial charge in [0.15, 0.2) is 10.3 Å². The Bertz CT molecular complexity index is 997. The van der Waals surface area contributed by atoms with Crippen LogP contribution in [0.25, 0.3) is 0 Å². The van der Waals surface area contributed by atoms with Crippen molar-refractivity contribution in [2.75, 3.05) is 12.5 Å². The molecule has 0 bridgehead atoms. The number of esters is 1. The number of aromatic nitrogens is 5. The molecular formula is C20H21N5O2S2. The highest BCUT2D eigenvalue weighted by Crippen LogP contribution is 2.40. The summed E-state index contributed by atoms with van der Waals surface area (Å²) in [5, 5.41) is 1.13. The van der Waals surface area contributed by atoms with Gasteiger partial charge in [-0.1, -0.05) is 29.6 Å². The molecule has 9 heteroatoms. The third-order valence-electron chi connectivity index (χ3n) is 4.25. The molecule has 0 unspecified atom stereocenters. The summed E-state index contributed by atoms with van der Waals surface area (Å²) >= 11 is 2.81. The van der Waals surface area contributed by atoms with E-state index in [1.54, 1.807) is 24.5 Å². The van der Waals surface area contributed by atoms with E-state index in [0.717, 1.165) is 11.4 Å². The van der Waals surface area contributed by atoms with Crippen LogP contribution in [0.3, 0.4) is 0 Å². The van der Waals surface area contributed by atoms with Gasteiger partial charge in [-0.3, -0.25) is 9.78 Å². The van der Waals surface area contributed by atoms with Crippen molar-refractivity contribution in [1.29, 1.82) is 0 Å². The fourth-order valence-electron chi connectivity index (χ4n) is 3.11. The van der Waals surface area contributed by atoms with Gasteiger partial charge in [0.05, 0.1) is 11.4 Å². The van der Waals surface area contributed by atoms with Gasteiger partial charge in [-0.15, -0.1) is 0 Å². The van der Waals surface area contributed by atoms with Crippen LogP contribution >= 0.6 is 23.5 Å². The van der Waals surface area contributed by atoms with Crippen molar-refractivity contribution >= 4 is 29.5 Å². The molecule has 0 saturated carbocycles. The number of ether oxygens (including phenoxy) is 1. The number of thioether (sulfide) groups is 2. The zero-order chi connectivity index (χ0) is 21.0. The highest BCUT2D eigenvalue weighted by molar-refractivity contribution is 7.98. The molecular weight excluding hydrogens is 406 g/mol. The lowest BCUT2D eigenvalue weighted by atomic mass is 9.85. The van der Waals surface area contributed by atoms with Gasteiger partial charge in [0.2, 0.25) is 5.60 Å². The van der Waals surface area contributed by atoms with Gasteiger partial charge in [0.25, 0.3) is 0 Å². The minimum Gasteiger partial charge on any atom is -0.441 e. The van der Waals surface area contributed by atoms with Crippen LogP contribution in [0, 0.1) is 13.8 Å². The van der Waals surface area contributed by atoms with E-state index in [9.17, 15) is 4.79 Å². The predicted octanol–water partition coefficient (Wildman–Crippen LogP) is 3.58. The fourth-order valence-corrected chi connectivity index (χ4v) is 3.82. The second-order valence-electron chi connectivity index (χ2n) is 6.22. The van der Waals surface area contributed by atoms with Gasteiger partial charge in [0.1, 0.15) is 0 Å². The monoisotopic (exact) mass is 427 g/mol. The molecule has 29 heavy (non-hydrogen) atoms. The van der Waals surface area contributed by atoms with Gasteiger partial charge >= 0.3 is 5.97 Å². The Hall–Kier alpha value is -2.52. The number of nitrogens with zero attached hydrogens (tertiary/aromatic N) is 5. The molecule has 0 atom stereocenters. The lowest BCUT2D eigenvalue weighted by Crippen LogP contribution is -2.38. The van der Waals surface area contributed by atoms with E-state index in [2.05, 4.69) is 24.9 Å². The fraction of sp³-hybridized carbons (Fsp3) is 0.300. The predicted molar refractivity (Wildman–Crippen MR) is 113 cm³/mol. The Kier molecular flexibility index (Phi) is 6.49. The standard InChI is InChI=1S/C20H21N5O2S2/c1-12-6-7-15(13(2)23-12)20(27-14(3)26,16-8-10-21-18(24-16)28-4)17-9-11-22-19(25-17)29-5/h6-11H,1-5H3. The minimum atomic E-state index is -1.38. The number of hydrogen-bond donors (Lipinski definition) is 0. The van der Waals surface area contributed by atoms with Crippen LogP contribution in [0.15, 0.2) is 47.0 Å². The van der Waals surface area contributed by atoms with Crippen molar-refractivity contribution in [1.82, 2.24) is 24.9 Å². The number of pyridine rings is 1. The number of hydrogen-bond acceptors (Lipinski definition) is 9. The van der Waals surface area contributed by atoms with Crippen molar-refractivity contribution in [3.8, 4) is 0 Å². The molecule has 3 aromatic heterocycles. The number of carbonyl (C=O) groups excluding carboxylic acids is 1. The molecule has 0 aliphatic heterocycles. The molecule has 0 fully saturated rings. The molecule has 0 radical (unpaired) electrons. The summed E-state index contributed by atoms with van der Waals surface area (Å²) in [4.78, 5) is 34.8. The quantitative estimate of drug-likeness (QED) is 0.332. The van der Waals surface area contributed by atoms with Crippen molar-refractivity contribution in [2.45, 2.75) is 36.7 Å². The maximum absolute atomic E-state index is 12.3. The molecule has 0 saturated heterocycles. The van der Waals surface area contributed by atoms with Crippen molar-refractivity contribution in [3.63, 3.8) is 0 Å². The van der Waals surface area contributed by atoms with Crippen LogP contribution in [0.2, 0.25) is 0 Å². The van der Waals surface area contributed by atoms with Gasteiger partial charge in [-0.05, 0) is 44.6 Å². The first-order chi connectivity index (χ1) is 13.9. The smallest absolute Gasteiger partial charge is 0.304 e. The molecule has 150 valence electrons. The van der Waals surface area contributed by atoms with Gasteiger partial charge in [-0.25, -0.2) is 19.9 Å². The SMILES string of the molecule is CSc1nccc(C(OC(C)=O)(c2ccnc(SC)n2)c2ccc(C)nc2C)n1. The summed E-state index contributed by atoms with van der Waals surface area (Å²) in [5.41, 5.74) is 1.91. The van der Waals surface area contributed by atoms with Crippen molar-refractivity contribution in [2.24, 2.45) is 0 Å². The van der Waals surface area contributed by atoms with Crippen LogP contribution in [-0.2, 0) is 15.1 Å². The highest BCUT2D eigenvalue weighted by atomic mass is 32.2. The summed E-state index contributed by atoms with van der Waals surface area (Å²) in [7, 11) is 0. The summed E-state index contributed by atoms with van der Waals surface area (Å²) in [6.07, 6.45) is 7.09. The van der Waals surface area contributed by atoms with E-state index in [4.69, 9.17) is 4.74 Å². The largest absolute Gasteiger partial charge is 0.441 e. The topological polar surface area (TPSA) is 90.8 Å². The average molecular weight is 428 g/mol. The maximum Gasteiger partial charge on any atom is 0.304 e. The van der Waals surface area contributed by atoms with E-state index in [1.807, 2.05) is 38.5 Å². The van der Waals surface area contributed by atoms with Gasteiger partial charge < -0.3 is 4.74 Å². The molecule has 0 aromatic carbocycles. The van der Waals surface area contributed by atoms with E-state index in [1.165, 1.54) is 30.4 Å². The van der Waals surface area contributed by atoms with Gasteiger partial charge in [0, 0.05) is 36.3 Å². The Morgan fingerprint density at radius 2 is 1.45 bits per heavy atom. The second-order valence-corrected chi connectivity index (χ2v) is 7.76. The van der Waals surface area contributed by atoms with Crippen LogP contribution in [0.4, 0.5) is 0 Å². The van der Waals surface area contributed by atoms with E-state index < -0.39 is 11.6 Å². The summed E-state index contributed by atoms with van der Waals surface area (Å²) in [6.45, 7) is 5.17. The first kappa shape index (κ1) is 21.2. The Labute approximate surface area is 178 Å². The molecule has 7 nitrogen and oxygen atoms in total. The lowest BCUT2D eigenvalue weighted by Gasteiger charge is -2.33. The van der Waals surface area contributed by atoms with E-state index in [-0.39, 0.29) is 0 Å². The number of aryl methyl sites for hydroxylation is 2. The molecule has 3 rings (SSSR count). The molecule has 3 heterocycles. The molecule has 0 amide bonds. The zero-order valence-electron chi connectivity index (χ0n) is 16.8. The first-order valence-electron chi connectivity index (χ1n) is 8.80. The number of carbonyl (C=O) groups is 1. The minimum absolute atomic E-state index is 0.460. The van der Waals surface area contributed by atoms with Crippen LogP contribution in [-0.4, -0.2) is 43.4 Å². The third-order valence-corrected chi connectivity index (χ3v) is 5.38. The van der Waals surface area contributed by atoms with Crippen molar-refractivity contribution < 1.29 is 9.53 Å². The normalized spacial score (nSPS) is 11.3.